The molecule has 1 heterocycles. The average molecular weight is 246 g/mol. The Morgan fingerprint density at radius 2 is 1.94 bits per heavy atom. The Morgan fingerprint density at radius 3 is 2.56 bits per heavy atom. The first-order valence-corrected chi connectivity index (χ1v) is 5.47. The number of nitrogens with one attached hydrogen (secondary N) is 1. The maximum Gasteiger partial charge on any atom is 0.265 e. The molecule has 6 nitrogen and oxygen atoms in total. The molecule has 0 radical (unpaired) electrons. The maximum absolute atomic E-state index is 11.4. The molecule has 0 bridgehead atoms. The molecular formula is C12H14N4O2. The maximum atomic E-state index is 11.4. The van der Waals surface area contributed by atoms with Crippen LogP contribution in [0.15, 0.2) is 18.2 Å². The summed E-state index contributed by atoms with van der Waals surface area (Å²) in [7, 11) is 0. The van der Waals surface area contributed by atoms with Crippen molar-refractivity contribution in [1.29, 1.82) is 0 Å². The number of benzene rings is 1. The summed E-state index contributed by atoms with van der Waals surface area (Å²) in [6, 6.07) is 5.24. The molecule has 2 amide bonds. The van der Waals surface area contributed by atoms with Gasteiger partial charge >= 0.3 is 0 Å². The predicted octanol–water partition coefficient (Wildman–Crippen LogP) is 0.267. The Hall–Kier alpha value is -2.50. The summed E-state index contributed by atoms with van der Waals surface area (Å²) in [6.07, 6.45) is 0.513. The highest BCUT2D eigenvalue weighted by Crippen LogP contribution is 2.25. The smallest absolute Gasteiger partial charge is 0.265 e. The van der Waals surface area contributed by atoms with Crippen molar-refractivity contribution >= 4 is 28.4 Å². The summed E-state index contributed by atoms with van der Waals surface area (Å²) < 4.78 is 0. The molecule has 0 aliphatic heterocycles. The zero-order valence-electron chi connectivity index (χ0n) is 9.69. The highest BCUT2D eigenvalue weighted by molar-refractivity contribution is 6.01. The summed E-state index contributed by atoms with van der Waals surface area (Å²) in [6.45, 7) is 0. The minimum atomic E-state index is -0.566. The second-order valence-corrected chi connectivity index (χ2v) is 4.11. The molecule has 1 aromatic heterocycles. The minimum absolute atomic E-state index is 0.155. The standard InChI is InChI=1S/C12H14N4O2/c13-6-1-3-9-8(5-6)7(2-4-10(14)17)11(16-9)12(15)18/h1,3,5,16H,2,4,13H2,(H2,14,17)(H2,15,18). The van der Waals surface area contributed by atoms with E-state index in [0.717, 1.165) is 10.9 Å². The van der Waals surface area contributed by atoms with Crippen LogP contribution in [0.2, 0.25) is 0 Å². The fourth-order valence-electron chi connectivity index (χ4n) is 1.98. The Balaban J connectivity index is 2.57. The SMILES string of the molecule is NC(=O)CCc1c(C(N)=O)[nH]c2ccc(N)cc12. The third kappa shape index (κ3) is 2.13. The van der Waals surface area contributed by atoms with Gasteiger partial charge in [-0.25, -0.2) is 0 Å². The number of fused-ring (bicyclic) bond motifs is 1. The number of aromatic nitrogens is 1. The molecule has 94 valence electrons. The van der Waals surface area contributed by atoms with Gasteiger partial charge in [-0.1, -0.05) is 0 Å². The van der Waals surface area contributed by atoms with Gasteiger partial charge in [-0.15, -0.1) is 0 Å². The van der Waals surface area contributed by atoms with E-state index in [4.69, 9.17) is 17.2 Å². The lowest BCUT2D eigenvalue weighted by Gasteiger charge is -2.00. The van der Waals surface area contributed by atoms with E-state index in [1.807, 2.05) is 0 Å². The van der Waals surface area contributed by atoms with Gasteiger partial charge < -0.3 is 22.2 Å². The van der Waals surface area contributed by atoms with Gasteiger partial charge in [0.2, 0.25) is 5.91 Å². The van der Waals surface area contributed by atoms with E-state index in [1.54, 1.807) is 18.2 Å². The number of nitrogens with two attached hydrogens (primary N) is 3. The molecule has 0 aliphatic carbocycles. The van der Waals surface area contributed by atoms with Crippen LogP contribution < -0.4 is 17.2 Å². The zero-order valence-corrected chi connectivity index (χ0v) is 9.69. The monoisotopic (exact) mass is 246 g/mol. The van der Waals surface area contributed by atoms with Crippen molar-refractivity contribution in [2.45, 2.75) is 12.8 Å². The Labute approximate surface area is 103 Å². The van der Waals surface area contributed by atoms with Crippen LogP contribution in [0.3, 0.4) is 0 Å². The van der Waals surface area contributed by atoms with Crippen molar-refractivity contribution in [2.75, 3.05) is 5.73 Å². The van der Waals surface area contributed by atoms with Crippen LogP contribution in [-0.2, 0) is 11.2 Å². The highest BCUT2D eigenvalue weighted by atomic mass is 16.1. The van der Waals surface area contributed by atoms with Crippen LogP contribution in [0.4, 0.5) is 5.69 Å². The number of carbonyl (C=O) groups is 2. The molecule has 6 heteroatoms. The first kappa shape index (κ1) is 12.0. The largest absolute Gasteiger partial charge is 0.399 e. The molecule has 7 N–H and O–H groups in total. The Bertz CT molecular complexity index is 630. The number of amides is 2. The van der Waals surface area contributed by atoms with Crippen LogP contribution in [0.1, 0.15) is 22.5 Å². The lowest BCUT2D eigenvalue weighted by Crippen LogP contribution is -2.16. The topological polar surface area (TPSA) is 128 Å². The van der Waals surface area contributed by atoms with E-state index >= 15 is 0 Å². The minimum Gasteiger partial charge on any atom is -0.399 e. The normalized spacial score (nSPS) is 10.7. The summed E-state index contributed by atoms with van der Waals surface area (Å²) in [5.41, 5.74) is 18.5. The van der Waals surface area contributed by atoms with Gasteiger partial charge in [0.25, 0.3) is 5.91 Å². The number of aryl methyl sites for hydroxylation is 1. The van der Waals surface area contributed by atoms with E-state index < -0.39 is 11.8 Å². The highest BCUT2D eigenvalue weighted by Gasteiger charge is 2.16. The molecule has 1 aromatic carbocycles. The Morgan fingerprint density at radius 1 is 1.22 bits per heavy atom. The zero-order chi connectivity index (χ0) is 13.3. The lowest BCUT2D eigenvalue weighted by molar-refractivity contribution is -0.117. The van der Waals surface area contributed by atoms with Gasteiger partial charge in [0.05, 0.1) is 0 Å². The van der Waals surface area contributed by atoms with Crippen LogP contribution in [-0.4, -0.2) is 16.8 Å². The number of nitrogen functional groups attached to an aromatic ring is 1. The van der Waals surface area contributed by atoms with Crippen LogP contribution in [0.25, 0.3) is 10.9 Å². The van der Waals surface area contributed by atoms with Gasteiger partial charge in [0.15, 0.2) is 0 Å². The summed E-state index contributed by atoms with van der Waals surface area (Å²) in [5.74, 6) is -0.993. The molecule has 18 heavy (non-hydrogen) atoms. The summed E-state index contributed by atoms with van der Waals surface area (Å²) in [5, 5.41) is 0.796. The van der Waals surface area contributed by atoms with Crippen molar-refractivity contribution < 1.29 is 9.59 Å². The van der Waals surface area contributed by atoms with Crippen LogP contribution >= 0.6 is 0 Å². The number of aromatic amines is 1. The van der Waals surface area contributed by atoms with Crippen LogP contribution in [0.5, 0.6) is 0 Å². The number of hydrogen-bond donors (Lipinski definition) is 4. The second kappa shape index (κ2) is 4.40. The van der Waals surface area contributed by atoms with E-state index in [1.165, 1.54) is 0 Å². The second-order valence-electron chi connectivity index (χ2n) is 4.11. The number of H-pyrrole nitrogens is 1. The third-order valence-corrected chi connectivity index (χ3v) is 2.80. The van der Waals surface area contributed by atoms with E-state index in [-0.39, 0.29) is 6.42 Å². The molecule has 2 rings (SSSR count). The first-order chi connectivity index (χ1) is 8.49. The first-order valence-electron chi connectivity index (χ1n) is 5.47. The van der Waals surface area contributed by atoms with Crippen molar-refractivity contribution in [3.8, 4) is 0 Å². The van der Waals surface area contributed by atoms with Crippen molar-refractivity contribution in [3.05, 3.63) is 29.5 Å². The van der Waals surface area contributed by atoms with E-state index in [0.29, 0.717) is 23.4 Å². The van der Waals surface area contributed by atoms with Gasteiger partial charge in [0.1, 0.15) is 5.69 Å². The molecule has 0 fully saturated rings. The molecule has 0 unspecified atom stereocenters. The van der Waals surface area contributed by atoms with Crippen molar-refractivity contribution in [1.82, 2.24) is 4.98 Å². The molecular weight excluding hydrogens is 232 g/mol. The molecule has 0 aliphatic rings. The number of hydrogen-bond acceptors (Lipinski definition) is 3. The molecule has 0 saturated heterocycles. The summed E-state index contributed by atoms with van der Waals surface area (Å²) in [4.78, 5) is 25.1. The van der Waals surface area contributed by atoms with E-state index in [9.17, 15) is 9.59 Å². The van der Waals surface area contributed by atoms with Gasteiger partial charge in [-0.3, -0.25) is 9.59 Å². The number of carbonyl (C=O) groups excluding carboxylic acids is 2. The van der Waals surface area contributed by atoms with Gasteiger partial charge in [-0.05, 0) is 30.2 Å². The van der Waals surface area contributed by atoms with Gasteiger partial charge in [-0.2, -0.15) is 0 Å². The fraction of sp³-hybridized carbons (Fsp3) is 0.167. The van der Waals surface area contributed by atoms with Crippen molar-refractivity contribution in [3.63, 3.8) is 0 Å². The molecule has 0 atom stereocenters. The number of rotatable bonds is 4. The quantitative estimate of drug-likeness (QED) is 0.578. The van der Waals surface area contributed by atoms with E-state index in [2.05, 4.69) is 4.98 Å². The summed E-state index contributed by atoms with van der Waals surface area (Å²) >= 11 is 0. The third-order valence-electron chi connectivity index (χ3n) is 2.80. The fourth-order valence-corrected chi connectivity index (χ4v) is 1.98. The van der Waals surface area contributed by atoms with Gasteiger partial charge in [0, 0.05) is 23.0 Å². The average Bonchev–Trinajstić information content (AvgIpc) is 2.64. The molecule has 0 saturated carbocycles. The molecule has 2 aromatic rings. The number of primary amides is 2. The molecule has 0 spiro atoms. The van der Waals surface area contributed by atoms with Crippen molar-refractivity contribution in [2.24, 2.45) is 11.5 Å². The number of anilines is 1. The lowest BCUT2D eigenvalue weighted by atomic mass is 10.0. The Kier molecular flexibility index (Phi) is 2.93. The van der Waals surface area contributed by atoms with Crippen LogP contribution in [0, 0.1) is 0 Å². The predicted molar refractivity (Wildman–Crippen MR) is 68.7 cm³/mol.